The third-order valence-electron chi connectivity index (χ3n) is 7.06. The Kier molecular flexibility index (Phi) is 6.56. The molecule has 0 saturated carbocycles. The van der Waals surface area contributed by atoms with E-state index in [1.807, 2.05) is 12.1 Å². The Morgan fingerprint density at radius 3 is 2.43 bits per heavy atom. The lowest BCUT2D eigenvalue weighted by molar-refractivity contribution is -0.0216. The van der Waals surface area contributed by atoms with Gasteiger partial charge in [0, 0.05) is 30.2 Å². The van der Waals surface area contributed by atoms with Crippen molar-refractivity contribution in [2.75, 3.05) is 13.1 Å². The van der Waals surface area contributed by atoms with E-state index in [0.29, 0.717) is 53.7 Å². The topological polar surface area (TPSA) is 87.6 Å². The molecule has 8 heteroatoms. The molecule has 0 bridgehead atoms. The van der Waals surface area contributed by atoms with Crippen molar-refractivity contribution in [3.63, 3.8) is 0 Å². The number of nitrogens with zero attached hydrogens (tertiary/aromatic N) is 2. The molecular weight excluding hydrogens is 491 g/mol. The van der Waals surface area contributed by atoms with Crippen LogP contribution in [-0.2, 0) is 21.2 Å². The van der Waals surface area contributed by atoms with Gasteiger partial charge in [0.2, 0.25) is 0 Å². The summed E-state index contributed by atoms with van der Waals surface area (Å²) in [6.45, 7) is 2.49. The minimum absolute atomic E-state index is 0.175. The zero-order valence-electron chi connectivity index (χ0n) is 20.4. The van der Waals surface area contributed by atoms with Gasteiger partial charge in [0.15, 0.2) is 9.84 Å². The van der Waals surface area contributed by atoms with Crippen LogP contribution in [0.4, 0.5) is 4.39 Å². The van der Waals surface area contributed by atoms with Gasteiger partial charge >= 0.3 is 0 Å². The number of para-hydroxylation sites is 1. The average Bonchev–Trinajstić information content (AvgIpc) is 2.88. The average molecular weight is 519 g/mol. The molecule has 190 valence electrons. The Labute approximate surface area is 215 Å². The van der Waals surface area contributed by atoms with Crippen molar-refractivity contribution < 1.29 is 22.7 Å². The van der Waals surface area contributed by atoms with E-state index in [9.17, 15) is 22.7 Å². The first-order chi connectivity index (χ1) is 17.7. The van der Waals surface area contributed by atoms with Gasteiger partial charge in [0.25, 0.3) is 5.91 Å². The maximum absolute atomic E-state index is 13.5. The monoisotopic (exact) mass is 518 g/mol. The van der Waals surface area contributed by atoms with Gasteiger partial charge < -0.3 is 10.0 Å². The summed E-state index contributed by atoms with van der Waals surface area (Å²) in [7, 11) is -3.65. The van der Waals surface area contributed by atoms with Crippen LogP contribution in [0.5, 0.6) is 0 Å². The number of pyridine rings is 1. The number of hydrogen-bond acceptors (Lipinski definition) is 5. The molecule has 6 nitrogen and oxygen atoms in total. The zero-order chi connectivity index (χ0) is 26.2. The number of carbonyl (C=O) groups excluding carboxylic acids is 1. The van der Waals surface area contributed by atoms with Crippen molar-refractivity contribution >= 4 is 26.6 Å². The Bertz CT molecular complexity index is 1570. The first-order valence-electron chi connectivity index (χ1n) is 12.1. The fraction of sp³-hybridized carbons (Fsp3) is 0.241. The number of aromatic nitrogens is 1. The van der Waals surface area contributed by atoms with Crippen LogP contribution in [0.2, 0.25) is 0 Å². The molecule has 1 aliphatic heterocycles. The molecule has 1 aromatic heterocycles. The van der Waals surface area contributed by atoms with E-state index in [1.165, 1.54) is 12.1 Å². The number of hydrogen-bond donors (Lipinski definition) is 1. The molecule has 1 amide bonds. The van der Waals surface area contributed by atoms with E-state index in [4.69, 9.17) is 0 Å². The van der Waals surface area contributed by atoms with E-state index < -0.39 is 15.4 Å². The third-order valence-corrected chi connectivity index (χ3v) is 8.77. The molecular formula is C29H27FN2O4S. The molecule has 1 aliphatic rings. The number of benzene rings is 3. The van der Waals surface area contributed by atoms with Crippen LogP contribution >= 0.6 is 0 Å². The SMILES string of the molecule is Cc1cc(F)ccc1C1(O)CCN(C(=O)c2ccc(CS(=O)(=O)c3cccc4cccnc34)cc2)CC1. The number of rotatable bonds is 5. The Balaban J connectivity index is 1.27. The van der Waals surface area contributed by atoms with Crippen LogP contribution in [-0.4, -0.2) is 42.4 Å². The highest BCUT2D eigenvalue weighted by Crippen LogP contribution is 2.35. The summed E-state index contributed by atoms with van der Waals surface area (Å²) in [5, 5.41) is 11.9. The first-order valence-corrected chi connectivity index (χ1v) is 13.8. The summed E-state index contributed by atoms with van der Waals surface area (Å²) in [6, 6.07) is 19.6. The molecule has 4 aromatic rings. The van der Waals surface area contributed by atoms with Crippen molar-refractivity contribution in [2.45, 2.75) is 36.0 Å². The second-order valence-electron chi connectivity index (χ2n) is 9.57. The highest BCUT2D eigenvalue weighted by molar-refractivity contribution is 7.90. The Morgan fingerprint density at radius 1 is 1.03 bits per heavy atom. The number of sulfone groups is 1. The molecule has 0 unspecified atom stereocenters. The molecule has 37 heavy (non-hydrogen) atoms. The number of carbonyl (C=O) groups is 1. The molecule has 1 fully saturated rings. The van der Waals surface area contributed by atoms with Crippen LogP contribution in [0.1, 0.15) is 39.9 Å². The molecule has 5 rings (SSSR count). The predicted octanol–water partition coefficient (Wildman–Crippen LogP) is 4.78. The van der Waals surface area contributed by atoms with Crippen LogP contribution < -0.4 is 0 Å². The molecule has 1 N–H and O–H groups in total. The molecule has 0 atom stereocenters. The van der Waals surface area contributed by atoms with E-state index in [1.54, 1.807) is 66.6 Å². The second kappa shape index (κ2) is 9.68. The Morgan fingerprint density at radius 2 is 1.73 bits per heavy atom. The van der Waals surface area contributed by atoms with Gasteiger partial charge in [-0.3, -0.25) is 9.78 Å². The number of piperidine rings is 1. The summed E-state index contributed by atoms with van der Waals surface area (Å²) < 4.78 is 39.8. The zero-order valence-corrected chi connectivity index (χ0v) is 21.2. The number of halogens is 1. The maximum Gasteiger partial charge on any atom is 0.253 e. The number of likely N-dealkylation sites (tertiary alicyclic amines) is 1. The summed E-state index contributed by atoms with van der Waals surface area (Å²) in [6.07, 6.45) is 2.27. The minimum atomic E-state index is -3.65. The van der Waals surface area contributed by atoms with Crippen molar-refractivity contribution in [3.05, 3.63) is 107 Å². The maximum atomic E-state index is 13.5. The van der Waals surface area contributed by atoms with Gasteiger partial charge in [-0.25, -0.2) is 12.8 Å². The van der Waals surface area contributed by atoms with Crippen molar-refractivity contribution in [1.82, 2.24) is 9.88 Å². The van der Waals surface area contributed by atoms with Gasteiger partial charge in [0.05, 0.1) is 21.8 Å². The fourth-order valence-corrected chi connectivity index (χ4v) is 6.59. The lowest BCUT2D eigenvalue weighted by atomic mass is 9.82. The predicted molar refractivity (Wildman–Crippen MR) is 139 cm³/mol. The molecule has 0 spiro atoms. The van der Waals surface area contributed by atoms with Crippen molar-refractivity contribution in [2.24, 2.45) is 0 Å². The van der Waals surface area contributed by atoms with E-state index in [-0.39, 0.29) is 22.4 Å². The third kappa shape index (κ3) is 4.99. The quantitative estimate of drug-likeness (QED) is 0.411. The summed E-state index contributed by atoms with van der Waals surface area (Å²) in [5.41, 5.74) is 1.74. The lowest BCUT2D eigenvalue weighted by Crippen LogP contribution is -2.45. The number of aryl methyl sites for hydroxylation is 1. The van der Waals surface area contributed by atoms with Gasteiger partial charge in [-0.05, 0) is 72.9 Å². The summed E-state index contributed by atoms with van der Waals surface area (Å²) in [4.78, 5) is 19.2. The number of fused-ring (bicyclic) bond motifs is 1. The van der Waals surface area contributed by atoms with Gasteiger partial charge in [-0.1, -0.05) is 36.4 Å². The Hall–Kier alpha value is -3.62. The fourth-order valence-electron chi connectivity index (χ4n) is 5.05. The van der Waals surface area contributed by atoms with Crippen LogP contribution in [0.15, 0.2) is 83.9 Å². The number of aliphatic hydroxyl groups is 1. The molecule has 0 aliphatic carbocycles. The van der Waals surface area contributed by atoms with Crippen molar-refractivity contribution in [1.29, 1.82) is 0 Å². The van der Waals surface area contributed by atoms with Gasteiger partial charge in [0.1, 0.15) is 5.82 Å². The first kappa shape index (κ1) is 25.0. The largest absolute Gasteiger partial charge is 0.385 e. The van der Waals surface area contributed by atoms with Crippen LogP contribution in [0, 0.1) is 12.7 Å². The highest BCUT2D eigenvalue weighted by Gasteiger charge is 2.36. The van der Waals surface area contributed by atoms with Gasteiger partial charge in [-0.15, -0.1) is 0 Å². The van der Waals surface area contributed by atoms with E-state index >= 15 is 0 Å². The van der Waals surface area contributed by atoms with Crippen LogP contribution in [0.3, 0.4) is 0 Å². The second-order valence-corrected chi connectivity index (χ2v) is 11.5. The lowest BCUT2D eigenvalue weighted by Gasteiger charge is -2.39. The summed E-state index contributed by atoms with van der Waals surface area (Å²) in [5.74, 6) is -0.724. The molecule has 2 heterocycles. The molecule has 1 saturated heterocycles. The standard InChI is InChI=1S/C29H27FN2O4S/c1-20-18-24(30)11-12-25(20)29(34)13-16-32(17-14-29)28(33)23-9-7-21(8-10-23)19-37(35,36)26-6-2-4-22-5-3-15-31-27(22)26/h2-12,15,18,34H,13-14,16-17,19H2,1H3. The van der Waals surface area contributed by atoms with Gasteiger partial charge in [-0.2, -0.15) is 0 Å². The molecule has 3 aromatic carbocycles. The normalized spacial score (nSPS) is 15.6. The smallest absolute Gasteiger partial charge is 0.253 e. The minimum Gasteiger partial charge on any atom is -0.385 e. The number of amides is 1. The molecule has 0 radical (unpaired) electrons. The van der Waals surface area contributed by atoms with Crippen molar-refractivity contribution in [3.8, 4) is 0 Å². The summed E-state index contributed by atoms with van der Waals surface area (Å²) >= 11 is 0. The van der Waals surface area contributed by atoms with E-state index in [0.717, 1.165) is 5.39 Å². The highest BCUT2D eigenvalue weighted by atomic mass is 32.2. The van der Waals surface area contributed by atoms with E-state index in [2.05, 4.69) is 4.98 Å². The van der Waals surface area contributed by atoms with Crippen LogP contribution in [0.25, 0.3) is 10.9 Å².